The van der Waals surface area contributed by atoms with Gasteiger partial charge in [0, 0.05) is 6.07 Å². The molecule has 2 rings (SSSR count). The standard InChI is InChI=1S/C9H8ClFN2O/c1-4(12)9-13-7-3-5(11)2-6(10)8(7)14-9/h2-4H,12H2,1H3. The molecule has 0 amide bonds. The van der Waals surface area contributed by atoms with Crippen LogP contribution in [0, 0.1) is 5.82 Å². The van der Waals surface area contributed by atoms with Crippen LogP contribution in [-0.2, 0) is 0 Å². The van der Waals surface area contributed by atoms with Gasteiger partial charge in [0.05, 0.1) is 11.1 Å². The van der Waals surface area contributed by atoms with Crippen LogP contribution in [-0.4, -0.2) is 4.98 Å². The number of rotatable bonds is 1. The van der Waals surface area contributed by atoms with Crippen LogP contribution >= 0.6 is 11.6 Å². The summed E-state index contributed by atoms with van der Waals surface area (Å²) in [6.45, 7) is 1.73. The Morgan fingerprint density at radius 3 is 2.93 bits per heavy atom. The minimum Gasteiger partial charge on any atom is -0.437 e. The Bertz CT molecular complexity index is 481. The summed E-state index contributed by atoms with van der Waals surface area (Å²) in [7, 11) is 0. The van der Waals surface area contributed by atoms with Crippen LogP contribution in [0.3, 0.4) is 0 Å². The van der Waals surface area contributed by atoms with E-state index in [1.54, 1.807) is 6.92 Å². The number of aromatic nitrogens is 1. The van der Waals surface area contributed by atoms with Crippen molar-refractivity contribution < 1.29 is 8.81 Å². The molecule has 0 bridgehead atoms. The highest BCUT2D eigenvalue weighted by atomic mass is 35.5. The molecule has 0 aliphatic rings. The number of hydrogen-bond donors (Lipinski definition) is 1. The Morgan fingerprint density at radius 2 is 2.29 bits per heavy atom. The molecule has 0 aliphatic carbocycles. The molecule has 0 saturated carbocycles. The average molecular weight is 215 g/mol. The van der Waals surface area contributed by atoms with Crippen LogP contribution in [0.4, 0.5) is 4.39 Å². The Hall–Kier alpha value is -1.13. The monoisotopic (exact) mass is 214 g/mol. The largest absolute Gasteiger partial charge is 0.437 e. The first-order valence-electron chi connectivity index (χ1n) is 4.09. The van der Waals surface area contributed by atoms with E-state index in [9.17, 15) is 4.39 Å². The third kappa shape index (κ3) is 1.47. The molecule has 0 aliphatic heterocycles. The summed E-state index contributed by atoms with van der Waals surface area (Å²) in [5, 5.41) is 0.208. The topological polar surface area (TPSA) is 52.0 Å². The van der Waals surface area contributed by atoms with E-state index in [1.165, 1.54) is 12.1 Å². The molecule has 1 unspecified atom stereocenters. The van der Waals surface area contributed by atoms with Crippen LogP contribution in [0.5, 0.6) is 0 Å². The Labute approximate surface area is 84.7 Å². The van der Waals surface area contributed by atoms with E-state index in [0.29, 0.717) is 17.0 Å². The maximum Gasteiger partial charge on any atom is 0.212 e. The van der Waals surface area contributed by atoms with E-state index in [4.69, 9.17) is 21.8 Å². The number of nitrogens with two attached hydrogens (primary N) is 1. The van der Waals surface area contributed by atoms with Gasteiger partial charge in [-0.3, -0.25) is 0 Å². The lowest BCUT2D eigenvalue weighted by Gasteiger charge is -1.94. The summed E-state index contributed by atoms with van der Waals surface area (Å²) in [5.41, 5.74) is 6.34. The second-order valence-corrected chi connectivity index (χ2v) is 3.48. The van der Waals surface area contributed by atoms with Crippen molar-refractivity contribution in [2.45, 2.75) is 13.0 Å². The smallest absolute Gasteiger partial charge is 0.212 e. The highest BCUT2D eigenvalue weighted by molar-refractivity contribution is 6.34. The first-order valence-corrected chi connectivity index (χ1v) is 4.47. The van der Waals surface area contributed by atoms with E-state index in [2.05, 4.69) is 4.98 Å². The SMILES string of the molecule is CC(N)c1nc2cc(F)cc(Cl)c2o1. The predicted octanol–water partition coefficient (Wildman–Crippen LogP) is 2.64. The lowest BCUT2D eigenvalue weighted by atomic mass is 10.3. The quantitative estimate of drug-likeness (QED) is 0.794. The van der Waals surface area contributed by atoms with Crippen LogP contribution in [0.2, 0.25) is 5.02 Å². The lowest BCUT2D eigenvalue weighted by Crippen LogP contribution is -2.04. The summed E-state index contributed by atoms with van der Waals surface area (Å²) in [6, 6.07) is 2.11. The van der Waals surface area contributed by atoms with Gasteiger partial charge in [0.15, 0.2) is 5.58 Å². The third-order valence-corrected chi connectivity index (χ3v) is 2.10. The van der Waals surface area contributed by atoms with E-state index < -0.39 is 5.82 Å². The van der Waals surface area contributed by atoms with Crippen LogP contribution in [0.25, 0.3) is 11.1 Å². The minimum absolute atomic E-state index is 0.208. The molecule has 0 fully saturated rings. The molecule has 0 radical (unpaired) electrons. The van der Waals surface area contributed by atoms with E-state index in [1.807, 2.05) is 0 Å². The molecule has 74 valence electrons. The van der Waals surface area contributed by atoms with Gasteiger partial charge in [-0.2, -0.15) is 0 Å². The summed E-state index contributed by atoms with van der Waals surface area (Å²) in [5.74, 6) is -0.0838. The normalized spacial score (nSPS) is 13.4. The Morgan fingerprint density at radius 1 is 1.57 bits per heavy atom. The minimum atomic E-state index is -0.438. The Kier molecular flexibility index (Phi) is 2.17. The molecular weight excluding hydrogens is 207 g/mol. The molecule has 0 spiro atoms. The maximum atomic E-state index is 12.9. The zero-order valence-corrected chi connectivity index (χ0v) is 8.18. The predicted molar refractivity (Wildman–Crippen MR) is 51.6 cm³/mol. The van der Waals surface area contributed by atoms with Crippen molar-refractivity contribution in [2.24, 2.45) is 5.73 Å². The van der Waals surface area contributed by atoms with E-state index >= 15 is 0 Å². The summed E-state index contributed by atoms with van der Waals surface area (Å²) >= 11 is 5.77. The lowest BCUT2D eigenvalue weighted by molar-refractivity contribution is 0.492. The summed E-state index contributed by atoms with van der Waals surface area (Å²) < 4.78 is 18.2. The van der Waals surface area contributed by atoms with E-state index in [0.717, 1.165) is 0 Å². The van der Waals surface area contributed by atoms with Gasteiger partial charge in [-0.1, -0.05) is 11.6 Å². The molecule has 5 heteroatoms. The van der Waals surface area contributed by atoms with Crippen molar-refractivity contribution in [3.05, 3.63) is 28.9 Å². The molecule has 2 aromatic rings. The summed E-state index contributed by atoms with van der Waals surface area (Å²) in [4.78, 5) is 4.02. The van der Waals surface area contributed by atoms with Gasteiger partial charge in [0.1, 0.15) is 11.3 Å². The number of oxazole rings is 1. The molecule has 1 aromatic heterocycles. The van der Waals surface area contributed by atoms with Crippen LogP contribution in [0.15, 0.2) is 16.5 Å². The van der Waals surface area contributed by atoms with Gasteiger partial charge in [-0.05, 0) is 13.0 Å². The second-order valence-electron chi connectivity index (χ2n) is 3.08. The number of hydrogen-bond acceptors (Lipinski definition) is 3. The molecule has 1 atom stereocenters. The zero-order chi connectivity index (χ0) is 10.3. The molecule has 1 aromatic carbocycles. The van der Waals surface area contributed by atoms with Gasteiger partial charge in [-0.15, -0.1) is 0 Å². The molecule has 14 heavy (non-hydrogen) atoms. The van der Waals surface area contributed by atoms with Gasteiger partial charge in [0.25, 0.3) is 0 Å². The number of nitrogens with zero attached hydrogens (tertiary/aromatic N) is 1. The van der Waals surface area contributed by atoms with Gasteiger partial charge >= 0.3 is 0 Å². The van der Waals surface area contributed by atoms with Gasteiger partial charge in [-0.25, -0.2) is 9.37 Å². The number of fused-ring (bicyclic) bond motifs is 1. The first-order chi connectivity index (χ1) is 6.58. The van der Waals surface area contributed by atoms with Crippen molar-refractivity contribution in [2.75, 3.05) is 0 Å². The molecule has 0 saturated heterocycles. The van der Waals surface area contributed by atoms with Crippen molar-refractivity contribution in [1.82, 2.24) is 4.98 Å². The molecule has 1 heterocycles. The van der Waals surface area contributed by atoms with Gasteiger partial charge in [0.2, 0.25) is 5.89 Å². The molecule has 2 N–H and O–H groups in total. The first kappa shape index (κ1) is 9.43. The fourth-order valence-electron chi connectivity index (χ4n) is 1.17. The van der Waals surface area contributed by atoms with Crippen LogP contribution in [0.1, 0.15) is 18.9 Å². The van der Waals surface area contributed by atoms with Crippen molar-refractivity contribution in [3.63, 3.8) is 0 Å². The third-order valence-electron chi connectivity index (χ3n) is 1.82. The van der Waals surface area contributed by atoms with Crippen molar-refractivity contribution >= 4 is 22.7 Å². The fraction of sp³-hybridized carbons (Fsp3) is 0.222. The average Bonchev–Trinajstić information content (AvgIpc) is 2.47. The van der Waals surface area contributed by atoms with Crippen molar-refractivity contribution in [3.8, 4) is 0 Å². The number of halogens is 2. The van der Waals surface area contributed by atoms with Gasteiger partial charge < -0.3 is 10.2 Å². The summed E-state index contributed by atoms with van der Waals surface area (Å²) in [6.07, 6.45) is 0. The molecular formula is C9H8ClFN2O. The van der Waals surface area contributed by atoms with Crippen molar-refractivity contribution in [1.29, 1.82) is 0 Å². The highest BCUT2D eigenvalue weighted by Gasteiger charge is 2.13. The van der Waals surface area contributed by atoms with Crippen LogP contribution < -0.4 is 5.73 Å². The van der Waals surface area contributed by atoms with E-state index in [-0.39, 0.29) is 11.1 Å². The highest BCUT2D eigenvalue weighted by Crippen LogP contribution is 2.27. The second kappa shape index (κ2) is 3.22. The maximum absolute atomic E-state index is 12.9. The zero-order valence-electron chi connectivity index (χ0n) is 7.42. The molecule has 3 nitrogen and oxygen atoms in total. The Balaban J connectivity index is 2.70. The number of benzene rings is 1. The fourth-order valence-corrected chi connectivity index (χ4v) is 1.41.